The molecule has 2 unspecified atom stereocenters. The fraction of sp³-hybridized carbons (Fsp3) is 0.324. The van der Waals surface area contributed by atoms with E-state index in [1.807, 2.05) is 37.3 Å². The van der Waals surface area contributed by atoms with Crippen molar-refractivity contribution >= 4 is 22.4 Å². The van der Waals surface area contributed by atoms with Gasteiger partial charge in [-0.3, -0.25) is 4.98 Å². The van der Waals surface area contributed by atoms with E-state index in [-0.39, 0.29) is 5.92 Å². The molecular weight excluding hydrogens is 678 g/mol. The summed E-state index contributed by atoms with van der Waals surface area (Å²) in [7, 11) is 0. The highest BCUT2D eigenvalue weighted by molar-refractivity contribution is 5.80. The molecule has 15 heteroatoms. The maximum atomic E-state index is 16.2. The number of hydrogen-bond donors (Lipinski definition) is 3. The first-order valence-electron chi connectivity index (χ1n) is 17.0. The van der Waals surface area contributed by atoms with Crippen molar-refractivity contribution in [3.8, 4) is 11.1 Å². The van der Waals surface area contributed by atoms with E-state index in [1.54, 1.807) is 6.92 Å². The van der Waals surface area contributed by atoms with Crippen LogP contribution in [-0.4, -0.2) is 77.7 Å². The SMILES string of the molecule is CCC(c1nc2ccc(N3CCN(c4ccc(-c5ccc(C(F)(F)[C@](O)(Cn6cnnn6)c6ccc(F)cc6F)nc5)cc4)CC3)cc2[nH]1)C(C)O. The first kappa shape index (κ1) is 35.0. The normalized spacial score (nSPS) is 16.2. The number of piperazine rings is 1. The van der Waals surface area contributed by atoms with Crippen molar-refractivity contribution in [2.45, 2.75) is 50.4 Å². The van der Waals surface area contributed by atoms with E-state index in [9.17, 15) is 19.0 Å². The second-order valence-electron chi connectivity index (χ2n) is 13.1. The summed E-state index contributed by atoms with van der Waals surface area (Å²) in [6, 6.07) is 18.4. The number of hydrogen-bond acceptors (Lipinski definition) is 9. The van der Waals surface area contributed by atoms with Crippen molar-refractivity contribution in [2.24, 2.45) is 0 Å². The predicted octanol–water partition coefficient (Wildman–Crippen LogP) is 5.77. The third-order valence-electron chi connectivity index (χ3n) is 9.83. The molecule has 0 bridgehead atoms. The van der Waals surface area contributed by atoms with Crippen molar-refractivity contribution in [2.75, 3.05) is 36.0 Å². The molecule has 1 saturated heterocycles. The Bertz CT molecular complexity index is 2140. The number of halogens is 4. The zero-order valence-corrected chi connectivity index (χ0v) is 28.5. The van der Waals surface area contributed by atoms with Gasteiger partial charge in [0.25, 0.3) is 0 Å². The fourth-order valence-corrected chi connectivity index (χ4v) is 6.87. The van der Waals surface area contributed by atoms with Crippen LogP contribution in [0.1, 0.15) is 43.3 Å². The molecule has 4 heterocycles. The number of alkyl halides is 2. The highest BCUT2D eigenvalue weighted by Gasteiger charge is 2.58. The Morgan fingerprint density at radius 1 is 0.885 bits per heavy atom. The zero-order valence-electron chi connectivity index (χ0n) is 28.5. The average Bonchev–Trinajstić information content (AvgIpc) is 3.81. The molecule has 0 amide bonds. The van der Waals surface area contributed by atoms with Crippen LogP contribution in [0.2, 0.25) is 0 Å². The second-order valence-corrected chi connectivity index (χ2v) is 13.1. The number of H-pyrrole nitrogens is 1. The molecule has 6 aromatic rings. The van der Waals surface area contributed by atoms with Crippen LogP contribution >= 0.6 is 0 Å². The van der Waals surface area contributed by atoms with Crippen LogP contribution in [0.4, 0.5) is 28.9 Å². The van der Waals surface area contributed by atoms with Gasteiger partial charge in [0.2, 0.25) is 0 Å². The average molecular weight is 716 g/mol. The Morgan fingerprint density at radius 3 is 2.19 bits per heavy atom. The molecule has 270 valence electrons. The lowest BCUT2D eigenvalue weighted by molar-refractivity contribution is -0.207. The number of nitrogens with one attached hydrogen (secondary N) is 1. The molecule has 0 saturated carbocycles. The first-order chi connectivity index (χ1) is 25.0. The van der Waals surface area contributed by atoms with E-state index in [0.29, 0.717) is 11.6 Å². The summed E-state index contributed by atoms with van der Waals surface area (Å²) in [6.45, 7) is 6.08. The van der Waals surface area contributed by atoms with Crippen molar-refractivity contribution in [1.29, 1.82) is 0 Å². The number of anilines is 2. The van der Waals surface area contributed by atoms with Gasteiger partial charge in [0.1, 0.15) is 29.5 Å². The topological polar surface area (TPSA) is 132 Å². The molecule has 1 aliphatic heterocycles. The van der Waals surface area contributed by atoms with Crippen LogP contribution in [0, 0.1) is 11.6 Å². The van der Waals surface area contributed by atoms with Gasteiger partial charge in [0, 0.05) is 66.9 Å². The Kier molecular flexibility index (Phi) is 9.40. The smallest absolute Gasteiger partial charge is 0.323 e. The highest BCUT2D eigenvalue weighted by atomic mass is 19.3. The van der Waals surface area contributed by atoms with Gasteiger partial charge in [0.15, 0.2) is 5.60 Å². The number of imidazole rings is 1. The molecule has 0 aliphatic carbocycles. The van der Waals surface area contributed by atoms with Gasteiger partial charge in [0.05, 0.1) is 23.7 Å². The first-order valence-corrected chi connectivity index (χ1v) is 17.0. The van der Waals surface area contributed by atoms with Crippen LogP contribution in [0.3, 0.4) is 0 Å². The molecule has 3 aromatic carbocycles. The molecular formula is C37H37F4N9O2. The van der Waals surface area contributed by atoms with Crippen molar-refractivity contribution in [3.05, 3.63) is 114 Å². The summed E-state index contributed by atoms with van der Waals surface area (Å²) in [6.07, 6.45) is 2.56. The van der Waals surface area contributed by atoms with Crippen LogP contribution in [0.25, 0.3) is 22.2 Å². The number of rotatable bonds is 11. The Morgan fingerprint density at radius 2 is 1.58 bits per heavy atom. The number of aromatic amines is 1. The molecule has 0 spiro atoms. The van der Waals surface area contributed by atoms with Gasteiger partial charge in [-0.05, 0) is 77.9 Å². The maximum absolute atomic E-state index is 16.2. The lowest BCUT2D eigenvalue weighted by atomic mass is 9.84. The standard InChI is InChI=1S/C37H37F4N9O2/c1-3-29(23(2)51)35-44-32-12-10-28(19-33(32)45-35)49-16-14-48(15-17-49)27-8-4-24(5-9-27)25-6-13-34(42-20-25)37(40,41)36(52,21-50-22-43-46-47-50)30-11-7-26(38)18-31(30)39/h4-13,18-20,22-23,29,51-52H,3,14-17,21H2,1-2H3,(H,44,45)/t23?,29?,36-/m0/s1. The van der Waals surface area contributed by atoms with E-state index in [1.165, 1.54) is 12.3 Å². The van der Waals surface area contributed by atoms with Crippen LogP contribution in [0.15, 0.2) is 85.3 Å². The zero-order chi connectivity index (χ0) is 36.6. The maximum Gasteiger partial charge on any atom is 0.323 e. The van der Waals surface area contributed by atoms with Gasteiger partial charge in [-0.2, -0.15) is 8.78 Å². The highest BCUT2D eigenvalue weighted by Crippen LogP contribution is 2.47. The Balaban J connectivity index is 1.03. The van der Waals surface area contributed by atoms with Crippen LogP contribution < -0.4 is 9.80 Å². The van der Waals surface area contributed by atoms with E-state index >= 15 is 8.78 Å². The number of pyridine rings is 1. The molecule has 7 rings (SSSR count). The minimum Gasteiger partial charge on any atom is -0.393 e. The van der Waals surface area contributed by atoms with Gasteiger partial charge in [-0.15, -0.1) is 5.10 Å². The summed E-state index contributed by atoms with van der Waals surface area (Å²) in [5.74, 6) is -5.73. The van der Waals surface area contributed by atoms with Crippen molar-refractivity contribution in [3.63, 3.8) is 0 Å². The monoisotopic (exact) mass is 715 g/mol. The summed E-state index contributed by atoms with van der Waals surface area (Å²) in [5, 5.41) is 31.9. The van der Waals surface area contributed by atoms with Gasteiger partial charge >= 0.3 is 5.92 Å². The van der Waals surface area contributed by atoms with E-state index in [0.717, 1.165) is 95.6 Å². The van der Waals surface area contributed by atoms with Crippen LogP contribution in [0.5, 0.6) is 0 Å². The number of tetrazole rings is 1. The van der Waals surface area contributed by atoms with Gasteiger partial charge in [-0.25, -0.2) is 18.4 Å². The number of fused-ring (bicyclic) bond motifs is 1. The fourth-order valence-electron chi connectivity index (χ4n) is 6.87. The van der Waals surface area contributed by atoms with Crippen molar-refractivity contribution < 1.29 is 27.8 Å². The third-order valence-corrected chi connectivity index (χ3v) is 9.83. The molecule has 3 aromatic heterocycles. The van der Waals surface area contributed by atoms with Gasteiger partial charge in [-0.1, -0.05) is 25.1 Å². The summed E-state index contributed by atoms with van der Waals surface area (Å²) >= 11 is 0. The number of nitrogens with zero attached hydrogens (tertiary/aromatic N) is 8. The number of aromatic nitrogens is 7. The molecule has 3 atom stereocenters. The lowest BCUT2D eigenvalue weighted by Gasteiger charge is -2.37. The summed E-state index contributed by atoms with van der Waals surface area (Å²) < 4.78 is 61.7. The molecule has 52 heavy (non-hydrogen) atoms. The third kappa shape index (κ3) is 6.57. The van der Waals surface area contributed by atoms with E-state index in [4.69, 9.17) is 4.98 Å². The van der Waals surface area contributed by atoms with E-state index < -0.39 is 47.1 Å². The molecule has 0 radical (unpaired) electrons. The lowest BCUT2D eigenvalue weighted by Crippen LogP contribution is -2.48. The molecule has 1 aliphatic rings. The largest absolute Gasteiger partial charge is 0.393 e. The number of benzene rings is 3. The van der Waals surface area contributed by atoms with E-state index in [2.05, 4.69) is 47.4 Å². The summed E-state index contributed by atoms with van der Waals surface area (Å²) in [5.41, 5.74) is 0.371. The van der Waals surface area contributed by atoms with Crippen molar-refractivity contribution in [1.82, 2.24) is 35.2 Å². The van der Waals surface area contributed by atoms with Gasteiger partial charge < -0.3 is 25.0 Å². The number of aliphatic hydroxyl groups excluding tert-OH is 1. The second kappa shape index (κ2) is 14.0. The summed E-state index contributed by atoms with van der Waals surface area (Å²) in [4.78, 5) is 16.7. The molecule has 1 fully saturated rings. The quantitative estimate of drug-likeness (QED) is 0.143. The minimum absolute atomic E-state index is 0.0475. The van der Waals surface area contributed by atoms with Crippen LogP contribution in [-0.2, 0) is 18.1 Å². The number of aliphatic hydroxyl groups is 2. The minimum atomic E-state index is -4.15. The predicted molar refractivity (Wildman–Crippen MR) is 187 cm³/mol. The Labute approximate surface area is 296 Å². The molecule has 11 nitrogen and oxygen atoms in total. The molecule has 3 N–H and O–H groups in total. The Hall–Kier alpha value is -5.41.